The Labute approximate surface area is 196 Å². The van der Waals surface area contributed by atoms with E-state index in [0.29, 0.717) is 5.92 Å². The van der Waals surface area contributed by atoms with Gasteiger partial charge in [0.05, 0.1) is 5.69 Å². The second kappa shape index (κ2) is 9.38. The van der Waals surface area contributed by atoms with Gasteiger partial charge in [0.15, 0.2) is 0 Å². The summed E-state index contributed by atoms with van der Waals surface area (Å²) in [5.74, 6) is 2.00. The second-order valence-corrected chi connectivity index (χ2v) is 9.70. The maximum Gasteiger partial charge on any atom is 0.223 e. The molecular formula is C29H33N3O. The predicted octanol–water partition coefficient (Wildman–Crippen LogP) is 5.87. The monoisotopic (exact) mass is 439 g/mol. The molecule has 5 rings (SSSR count). The molecule has 0 fully saturated rings. The molecule has 4 heteroatoms. The Morgan fingerprint density at radius 1 is 1.00 bits per heavy atom. The van der Waals surface area contributed by atoms with Crippen LogP contribution in [0.4, 0.5) is 0 Å². The van der Waals surface area contributed by atoms with Crippen molar-refractivity contribution in [3.63, 3.8) is 0 Å². The number of nitrogens with zero attached hydrogens (tertiary/aromatic N) is 2. The standard InChI is InChI=1S/C29H33N3O/c1-20-8-10-26(16-21(20)2)23-11-13-24(14-12-23)27-19-32-18-22(9-15-28(32)31-27)17-30-29(33)25-6-4-3-5-7-25/h3-4,8,10-14,16,19,22,25H,5-7,9,15,17-18H2,1-2H3,(H,30,33). The van der Waals surface area contributed by atoms with Crippen molar-refractivity contribution in [3.8, 4) is 22.4 Å². The van der Waals surface area contributed by atoms with Gasteiger partial charge in [-0.2, -0.15) is 0 Å². The third kappa shape index (κ3) is 4.80. The van der Waals surface area contributed by atoms with Crippen LogP contribution in [0.25, 0.3) is 22.4 Å². The third-order valence-electron chi connectivity index (χ3n) is 7.32. The zero-order valence-corrected chi connectivity index (χ0v) is 19.7. The molecule has 2 atom stereocenters. The number of hydrogen-bond acceptors (Lipinski definition) is 2. The van der Waals surface area contributed by atoms with Gasteiger partial charge < -0.3 is 9.88 Å². The summed E-state index contributed by atoms with van der Waals surface area (Å²) in [6, 6.07) is 15.4. The summed E-state index contributed by atoms with van der Waals surface area (Å²) in [7, 11) is 0. The number of carbonyl (C=O) groups is 1. The number of allylic oxidation sites excluding steroid dienone is 2. The van der Waals surface area contributed by atoms with Gasteiger partial charge in [0.25, 0.3) is 0 Å². The van der Waals surface area contributed by atoms with Crippen molar-refractivity contribution in [1.29, 1.82) is 0 Å². The molecule has 0 saturated heterocycles. The summed E-state index contributed by atoms with van der Waals surface area (Å²) < 4.78 is 2.29. The molecule has 2 aliphatic rings. The van der Waals surface area contributed by atoms with Crippen LogP contribution >= 0.6 is 0 Å². The number of amides is 1. The topological polar surface area (TPSA) is 46.9 Å². The number of carbonyl (C=O) groups excluding carboxylic acids is 1. The van der Waals surface area contributed by atoms with E-state index in [1.54, 1.807) is 0 Å². The van der Waals surface area contributed by atoms with Gasteiger partial charge in [-0.15, -0.1) is 0 Å². The zero-order chi connectivity index (χ0) is 22.8. The Bertz CT molecular complexity index is 1170. The van der Waals surface area contributed by atoms with Crippen LogP contribution in [0.3, 0.4) is 0 Å². The van der Waals surface area contributed by atoms with Crippen molar-refractivity contribution in [1.82, 2.24) is 14.9 Å². The van der Waals surface area contributed by atoms with Crippen LogP contribution in [-0.4, -0.2) is 22.0 Å². The average Bonchev–Trinajstić information content (AvgIpc) is 3.28. The number of benzene rings is 2. The van der Waals surface area contributed by atoms with Crippen LogP contribution in [0.1, 0.15) is 42.6 Å². The van der Waals surface area contributed by atoms with Gasteiger partial charge in [-0.05, 0) is 67.7 Å². The van der Waals surface area contributed by atoms with E-state index in [4.69, 9.17) is 4.98 Å². The van der Waals surface area contributed by atoms with Gasteiger partial charge in [0.1, 0.15) is 5.82 Å². The molecule has 2 heterocycles. The molecule has 2 aromatic carbocycles. The molecule has 0 spiro atoms. The first-order valence-electron chi connectivity index (χ1n) is 12.2. The van der Waals surface area contributed by atoms with E-state index in [-0.39, 0.29) is 11.8 Å². The lowest BCUT2D eigenvalue weighted by molar-refractivity contribution is -0.125. The van der Waals surface area contributed by atoms with Gasteiger partial charge in [0.2, 0.25) is 5.91 Å². The third-order valence-corrected chi connectivity index (χ3v) is 7.32. The van der Waals surface area contributed by atoms with Crippen LogP contribution in [0.2, 0.25) is 0 Å². The van der Waals surface area contributed by atoms with Crippen LogP contribution < -0.4 is 5.32 Å². The lowest BCUT2D eigenvalue weighted by atomic mass is 9.93. The molecule has 1 aliphatic carbocycles. The number of aryl methyl sites for hydroxylation is 3. The fraction of sp³-hybridized carbons (Fsp3) is 0.379. The molecular weight excluding hydrogens is 406 g/mol. The molecule has 1 aromatic heterocycles. The first-order valence-corrected chi connectivity index (χ1v) is 12.2. The van der Waals surface area contributed by atoms with Crippen LogP contribution in [0.5, 0.6) is 0 Å². The molecule has 33 heavy (non-hydrogen) atoms. The molecule has 1 aliphatic heterocycles. The van der Waals surface area contributed by atoms with Crippen molar-refractivity contribution in [3.05, 3.63) is 77.8 Å². The highest BCUT2D eigenvalue weighted by molar-refractivity contribution is 5.79. The second-order valence-electron chi connectivity index (χ2n) is 9.70. The fourth-order valence-corrected chi connectivity index (χ4v) is 5.00. The maximum atomic E-state index is 12.5. The Kier molecular flexibility index (Phi) is 6.17. The Morgan fingerprint density at radius 2 is 1.79 bits per heavy atom. The summed E-state index contributed by atoms with van der Waals surface area (Å²) in [6.45, 7) is 6.00. The van der Waals surface area contributed by atoms with Crippen LogP contribution in [0, 0.1) is 25.7 Å². The normalized spacial score (nSPS) is 19.8. The van der Waals surface area contributed by atoms with E-state index in [0.717, 1.165) is 62.3 Å². The van der Waals surface area contributed by atoms with Crippen LogP contribution in [-0.2, 0) is 17.8 Å². The minimum Gasteiger partial charge on any atom is -0.356 e. The van der Waals surface area contributed by atoms with Gasteiger partial charge >= 0.3 is 0 Å². The quantitative estimate of drug-likeness (QED) is 0.506. The van der Waals surface area contributed by atoms with Gasteiger partial charge in [-0.3, -0.25) is 4.79 Å². The van der Waals surface area contributed by atoms with Gasteiger partial charge in [-0.25, -0.2) is 4.98 Å². The molecule has 1 N–H and O–H groups in total. The van der Waals surface area contributed by atoms with E-state index >= 15 is 0 Å². The maximum absolute atomic E-state index is 12.5. The number of aromatic nitrogens is 2. The van der Waals surface area contributed by atoms with Crippen molar-refractivity contribution < 1.29 is 4.79 Å². The minimum absolute atomic E-state index is 0.154. The SMILES string of the molecule is Cc1ccc(-c2ccc(-c3cn4c(n3)CCC(CNC(=O)C3CC=CCC3)C4)cc2)cc1C. The van der Waals surface area contributed by atoms with Crippen molar-refractivity contribution in [2.45, 2.75) is 52.5 Å². The number of rotatable bonds is 5. The fourth-order valence-electron chi connectivity index (χ4n) is 5.00. The molecule has 170 valence electrons. The molecule has 3 aromatic rings. The summed E-state index contributed by atoms with van der Waals surface area (Å²) in [5.41, 5.74) is 7.32. The highest BCUT2D eigenvalue weighted by Crippen LogP contribution is 2.28. The van der Waals surface area contributed by atoms with Crippen molar-refractivity contribution >= 4 is 5.91 Å². The van der Waals surface area contributed by atoms with Crippen LogP contribution in [0.15, 0.2) is 60.8 Å². The van der Waals surface area contributed by atoms with E-state index in [9.17, 15) is 4.79 Å². The van der Waals surface area contributed by atoms with E-state index in [2.05, 4.69) is 84.5 Å². The highest BCUT2D eigenvalue weighted by Gasteiger charge is 2.23. The zero-order valence-electron chi connectivity index (χ0n) is 19.7. The smallest absolute Gasteiger partial charge is 0.223 e. The van der Waals surface area contributed by atoms with Crippen molar-refractivity contribution in [2.75, 3.05) is 6.54 Å². The van der Waals surface area contributed by atoms with Gasteiger partial charge in [-0.1, -0.05) is 54.6 Å². The Morgan fingerprint density at radius 3 is 2.55 bits per heavy atom. The number of nitrogens with one attached hydrogen (secondary N) is 1. The minimum atomic E-state index is 0.154. The average molecular weight is 440 g/mol. The summed E-state index contributed by atoms with van der Waals surface area (Å²) in [4.78, 5) is 17.4. The summed E-state index contributed by atoms with van der Waals surface area (Å²) in [6.07, 6.45) is 11.4. The molecule has 4 nitrogen and oxygen atoms in total. The largest absolute Gasteiger partial charge is 0.356 e. The molecule has 0 saturated carbocycles. The first-order chi connectivity index (χ1) is 16.1. The lowest BCUT2D eigenvalue weighted by Gasteiger charge is -2.25. The molecule has 2 unspecified atom stereocenters. The summed E-state index contributed by atoms with van der Waals surface area (Å²) >= 11 is 0. The Hall–Kier alpha value is -3.14. The van der Waals surface area contributed by atoms with Crippen molar-refractivity contribution in [2.24, 2.45) is 11.8 Å². The highest BCUT2D eigenvalue weighted by atomic mass is 16.1. The van der Waals surface area contributed by atoms with E-state index in [1.807, 2.05) is 0 Å². The number of hydrogen-bond donors (Lipinski definition) is 1. The molecule has 1 amide bonds. The lowest BCUT2D eigenvalue weighted by Crippen LogP contribution is -2.37. The van der Waals surface area contributed by atoms with Gasteiger partial charge in [0, 0.05) is 37.2 Å². The number of fused-ring (bicyclic) bond motifs is 1. The predicted molar refractivity (Wildman–Crippen MR) is 134 cm³/mol. The summed E-state index contributed by atoms with van der Waals surface area (Å²) in [5, 5.41) is 3.21. The van der Waals surface area contributed by atoms with E-state index < -0.39 is 0 Å². The Balaban J connectivity index is 1.23. The molecule has 0 radical (unpaired) electrons. The number of imidazole rings is 1. The van der Waals surface area contributed by atoms with E-state index in [1.165, 1.54) is 22.3 Å². The first kappa shape index (κ1) is 21.7. The molecule has 0 bridgehead atoms.